The summed E-state index contributed by atoms with van der Waals surface area (Å²) in [6.45, 7) is 1.74. The first-order chi connectivity index (χ1) is 9.60. The Hall–Kier alpha value is -2.22. The number of ether oxygens (including phenoxy) is 1. The molecule has 20 heavy (non-hydrogen) atoms. The molecule has 2 aromatic rings. The molecule has 2 rings (SSSR count). The summed E-state index contributed by atoms with van der Waals surface area (Å²) in [5, 5.41) is 8.87. The van der Waals surface area contributed by atoms with Crippen LogP contribution in [0.3, 0.4) is 0 Å². The van der Waals surface area contributed by atoms with Crippen LogP contribution in [0.1, 0.15) is 18.7 Å². The van der Waals surface area contributed by atoms with Gasteiger partial charge in [0.25, 0.3) is 5.91 Å². The van der Waals surface area contributed by atoms with E-state index in [-0.39, 0.29) is 18.3 Å². The van der Waals surface area contributed by atoms with Crippen molar-refractivity contribution in [3.63, 3.8) is 0 Å². The summed E-state index contributed by atoms with van der Waals surface area (Å²) in [6.07, 6.45) is 3.42. The average molecular weight is 294 g/mol. The van der Waals surface area contributed by atoms with Crippen molar-refractivity contribution >= 4 is 28.3 Å². The van der Waals surface area contributed by atoms with Gasteiger partial charge in [-0.3, -0.25) is 14.3 Å². The summed E-state index contributed by atoms with van der Waals surface area (Å²) in [4.78, 5) is 27.3. The third-order valence-corrected chi connectivity index (χ3v) is 3.44. The van der Waals surface area contributed by atoms with Gasteiger partial charge >= 0.3 is 5.97 Å². The SMILES string of the molecule is COC(=O)Cc1csc(NC(=O)C(C)n2cccn2)n1. The Morgan fingerprint density at radius 2 is 2.35 bits per heavy atom. The van der Waals surface area contributed by atoms with E-state index < -0.39 is 6.04 Å². The molecular formula is C12H14N4O3S. The molecule has 0 radical (unpaired) electrons. The summed E-state index contributed by atoms with van der Waals surface area (Å²) in [6, 6.07) is 1.32. The second-order valence-corrected chi connectivity index (χ2v) is 4.91. The molecule has 1 N–H and O–H groups in total. The lowest BCUT2D eigenvalue weighted by Gasteiger charge is -2.10. The minimum absolute atomic E-state index is 0.0948. The first kappa shape index (κ1) is 14.2. The summed E-state index contributed by atoms with van der Waals surface area (Å²) < 4.78 is 6.11. The average Bonchev–Trinajstić information content (AvgIpc) is 3.09. The number of methoxy groups -OCH3 is 1. The van der Waals surface area contributed by atoms with Gasteiger partial charge in [-0.2, -0.15) is 5.10 Å². The summed E-state index contributed by atoms with van der Waals surface area (Å²) in [5.41, 5.74) is 0.573. The number of carbonyl (C=O) groups is 2. The predicted molar refractivity (Wildman–Crippen MR) is 73.4 cm³/mol. The number of thiazole rings is 1. The molecule has 0 bridgehead atoms. The van der Waals surface area contributed by atoms with Crippen LogP contribution in [-0.4, -0.2) is 33.8 Å². The number of carbonyl (C=O) groups excluding carboxylic acids is 2. The Labute approximate surface area is 119 Å². The van der Waals surface area contributed by atoms with Crippen molar-refractivity contribution in [3.8, 4) is 0 Å². The van der Waals surface area contributed by atoms with Crippen LogP contribution in [0.4, 0.5) is 5.13 Å². The number of nitrogens with one attached hydrogen (secondary N) is 1. The first-order valence-electron chi connectivity index (χ1n) is 5.91. The smallest absolute Gasteiger partial charge is 0.311 e. The maximum Gasteiger partial charge on any atom is 0.311 e. The van der Waals surface area contributed by atoms with Crippen LogP contribution in [0.5, 0.6) is 0 Å². The normalized spacial score (nSPS) is 11.9. The largest absolute Gasteiger partial charge is 0.469 e. The first-order valence-corrected chi connectivity index (χ1v) is 6.79. The van der Waals surface area contributed by atoms with Crippen molar-refractivity contribution in [1.82, 2.24) is 14.8 Å². The van der Waals surface area contributed by atoms with Gasteiger partial charge in [0, 0.05) is 17.8 Å². The lowest BCUT2D eigenvalue weighted by molar-refractivity contribution is -0.139. The van der Waals surface area contributed by atoms with Crippen LogP contribution in [0.25, 0.3) is 0 Å². The van der Waals surface area contributed by atoms with Gasteiger partial charge in [-0.15, -0.1) is 11.3 Å². The number of hydrogen-bond acceptors (Lipinski definition) is 6. The molecule has 0 aliphatic heterocycles. The van der Waals surface area contributed by atoms with E-state index in [1.165, 1.54) is 18.4 Å². The van der Waals surface area contributed by atoms with Gasteiger partial charge in [0.05, 0.1) is 19.2 Å². The zero-order valence-corrected chi connectivity index (χ0v) is 11.9. The monoisotopic (exact) mass is 294 g/mol. The molecule has 0 fully saturated rings. The number of aromatic nitrogens is 3. The van der Waals surface area contributed by atoms with Crippen LogP contribution in [0.15, 0.2) is 23.8 Å². The molecule has 8 heteroatoms. The number of esters is 1. The summed E-state index contributed by atoms with van der Waals surface area (Å²) in [7, 11) is 1.32. The Bertz CT molecular complexity index is 594. The lowest BCUT2D eigenvalue weighted by atomic mass is 10.3. The molecule has 1 atom stereocenters. The number of rotatable bonds is 5. The van der Waals surface area contributed by atoms with Crippen molar-refractivity contribution < 1.29 is 14.3 Å². The molecule has 0 spiro atoms. The highest BCUT2D eigenvalue weighted by molar-refractivity contribution is 7.13. The second kappa shape index (κ2) is 6.29. The van der Waals surface area contributed by atoms with Gasteiger partial charge in [-0.05, 0) is 13.0 Å². The zero-order chi connectivity index (χ0) is 14.5. The highest BCUT2D eigenvalue weighted by atomic mass is 32.1. The maximum absolute atomic E-state index is 12.0. The van der Waals surface area contributed by atoms with E-state index in [0.717, 1.165) is 0 Å². The fourth-order valence-electron chi connectivity index (χ4n) is 1.51. The van der Waals surface area contributed by atoms with Crippen LogP contribution in [0.2, 0.25) is 0 Å². The van der Waals surface area contributed by atoms with Gasteiger partial charge in [0.2, 0.25) is 0 Å². The molecule has 2 aromatic heterocycles. The van der Waals surface area contributed by atoms with Gasteiger partial charge in [-0.25, -0.2) is 4.98 Å². The predicted octanol–water partition coefficient (Wildman–Crippen LogP) is 1.25. The van der Waals surface area contributed by atoms with Crippen LogP contribution < -0.4 is 5.32 Å². The van der Waals surface area contributed by atoms with Crippen molar-refractivity contribution in [2.75, 3.05) is 12.4 Å². The molecule has 2 heterocycles. The van der Waals surface area contributed by atoms with E-state index in [4.69, 9.17) is 0 Å². The molecule has 0 aliphatic rings. The molecule has 0 saturated heterocycles. The van der Waals surface area contributed by atoms with Crippen molar-refractivity contribution in [2.45, 2.75) is 19.4 Å². The molecule has 0 aromatic carbocycles. The summed E-state index contributed by atoms with van der Waals surface area (Å²) >= 11 is 1.26. The van der Waals surface area contributed by atoms with E-state index >= 15 is 0 Å². The lowest BCUT2D eigenvalue weighted by Crippen LogP contribution is -2.23. The zero-order valence-electron chi connectivity index (χ0n) is 11.1. The standard InChI is InChI=1S/C12H14N4O3S/c1-8(16-5-3-4-13-16)11(18)15-12-14-9(7-20-12)6-10(17)19-2/h3-5,7-8H,6H2,1-2H3,(H,14,15,18). The van der Waals surface area contributed by atoms with Crippen molar-refractivity contribution in [3.05, 3.63) is 29.5 Å². The summed E-state index contributed by atoms with van der Waals surface area (Å²) in [5.74, 6) is -0.578. The van der Waals surface area contributed by atoms with Crippen molar-refractivity contribution in [1.29, 1.82) is 0 Å². The Balaban J connectivity index is 1.96. The molecular weight excluding hydrogens is 280 g/mol. The fourth-order valence-corrected chi connectivity index (χ4v) is 2.22. The number of anilines is 1. The quantitative estimate of drug-likeness (QED) is 0.839. The van der Waals surface area contributed by atoms with E-state index in [9.17, 15) is 9.59 Å². The van der Waals surface area contributed by atoms with E-state index in [1.54, 1.807) is 35.4 Å². The van der Waals surface area contributed by atoms with Gasteiger partial charge < -0.3 is 10.1 Å². The van der Waals surface area contributed by atoms with Crippen LogP contribution in [0, 0.1) is 0 Å². The van der Waals surface area contributed by atoms with E-state index in [0.29, 0.717) is 10.8 Å². The van der Waals surface area contributed by atoms with Gasteiger partial charge in [-0.1, -0.05) is 0 Å². The van der Waals surface area contributed by atoms with E-state index in [2.05, 4.69) is 20.1 Å². The van der Waals surface area contributed by atoms with Crippen molar-refractivity contribution in [2.24, 2.45) is 0 Å². The van der Waals surface area contributed by atoms with E-state index in [1.807, 2.05) is 0 Å². The fraction of sp³-hybridized carbons (Fsp3) is 0.333. The third-order valence-electron chi connectivity index (χ3n) is 2.64. The topological polar surface area (TPSA) is 86.1 Å². The van der Waals surface area contributed by atoms with Crippen LogP contribution >= 0.6 is 11.3 Å². The molecule has 0 saturated carbocycles. The molecule has 1 unspecified atom stereocenters. The molecule has 7 nitrogen and oxygen atoms in total. The molecule has 106 valence electrons. The van der Waals surface area contributed by atoms with Crippen LogP contribution in [-0.2, 0) is 20.7 Å². The highest BCUT2D eigenvalue weighted by Gasteiger charge is 2.17. The second-order valence-electron chi connectivity index (χ2n) is 4.05. The van der Waals surface area contributed by atoms with Gasteiger partial charge in [0.1, 0.15) is 6.04 Å². The number of hydrogen-bond donors (Lipinski definition) is 1. The maximum atomic E-state index is 12.0. The Kier molecular flexibility index (Phi) is 4.46. The highest BCUT2D eigenvalue weighted by Crippen LogP contribution is 2.17. The minimum Gasteiger partial charge on any atom is -0.469 e. The number of nitrogens with zero attached hydrogens (tertiary/aromatic N) is 3. The molecule has 1 amide bonds. The Morgan fingerprint density at radius 3 is 3.00 bits per heavy atom. The number of amides is 1. The Morgan fingerprint density at radius 1 is 1.55 bits per heavy atom. The van der Waals surface area contributed by atoms with Gasteiger partial charge in [0.15, 0.2) is 5.13 Å². The third kappa shape index (κ3) is 3.41. The minimum atomic E-state index is -0.432. The molecule has 0 aliphatic carbocycles.